The summed E-state index contributed by atoms with van der Waals surface area (Å²) in [6, 6.07) is 0. The molecule has 1 aliphatic rings. The van der Waals surface area contributed by atoms with Crippen LogP contribution >= 0.6 is 11.8 Å². The van der Waals surface area contributed by atoms with Crippen LogP contribution in [0.4, 0.5) is 0 Å². The maximum atomic E-state index is 11.8. The summed E-state index contributed by atoms with van der Waals surface area (Å²) in [5.41, 5.74) is 0.248. The molecule has 0 aromatic carbocycles. The molecule has 1 rings (SSSR count). The molecule has 100 valence electrons. The second-order valence-corrected chi connectivity index (χ2v) is 6.92. The first kappa shape index (κ1) is 14.8. The molecule has 3 nitrogen and oxygen atoms in total. The quantitative estimate of drug-likeness (QED) is 0.725. The number of esters is 1. The highest BCUT2D eigenvalue weighted by Gasteiger charge is 2.43. The molecule has 1 unspecified atom stereocenters. The smallest absolute Gasteiger partial charge is 0.307 e. The highest BCUT2D eigenvalue weighted by Crippen LogP contribution is 2.43. The lowest BCUT2D eigenvalue weighted by Crippen LogP contribution is -2.54. The monoisotopic (exact) mass is 259 g/mol. The van der Waals surface area contributed by atoms with Crippen LogP contribution in [-0.2, 0) is 9.53 Å². The molecule has 0 amide bonds. The zero-order chi connectivity index (χ0) is 13.1. The summed E-state index contributed by atoms with van der Waals surface area (Å²) in [4.78, 5) is 14.0. The van der Waals surface area contributed by atoms with E-state index in [9.17, 15) is 4.79 Å². The molecule has 4 heteroatoms. The number of ether oxygens (including phenoxy) is 1. The predicted molar refractivity (Wildman–Crippen MR) is 73.4 cm³/mol. The SMILES string of the molecule is CCOC(=O)CC1(N(C)C)CSCC(C)(C)C1. The molecule has 1 aliphatic heterocycles. The van der Waals surface area contributed by atoms with Crippen LogP contribution in [0.1, 0.15) is 33.6 Å². The molecule has 0 aromatic rings. The van der Waals surface area contributed by atoms with E-state index in [-0.39, 0.29) is 11.5 Å². The van der Waals surface area contributed by atoms with Gasteiger partial charge < -0.3 is 9.64 Å². The minimum absolute atomic E-state index is 0.0430. The third-order valence-corrected chi connectivity index (χ3v) is 5.13. The van der Waals surface area contributed by atoms with Gasteiger partial charge in [0.05, 0.1) is 13.0 Å². The lowest BCUT2D eigenvalue weighted by molar-refractivity contribution is -0.146. The Kier molecular flexibility index (Phi) is 4.90. The first-order valence-corrected chi connectivity index (χ1v) is 7.38. The van der Waals surface area contributed by atoms with Crippen molar-refractivity contribution in [1.82, 2.24) is 4.90 Å². The van der Waals surface area contributed by atoms with Gasteiger partial charge in [-0.2, -0.15) is 11.8 Å². The summed E-state index contributed by atoms with van der Waals surface area (Å²) in [6.45, 7) is 6.89. The zero-order valence-corrected chi connectivity index (χ0v) is 12.5. The number of rotatable bonds is 4. The van der Waals surface area contributed by atoms with E-state index in [1.807, 2.05) is 18.7 Å². The second kappa shape index (κ2) is 5.61. The standard InChI is InChI=1S/C13H25NO2S/c1-6-16-11(15)7-13(14(4)5)8-12(2,3)9-17-10-13/h6-10H2,1-5H3. The fourth-order valence-corrected chi connectivity index (χ4v) is 4.15. The van der Waals surface area contributed by atoms with Gasteiger partial charge in [-0.25, -0.2) is 0 Å². The van der Waals surface area contributed by atoms with Gasteiger partial charge in [0.1, 0.15) is 0 Å². The van der Waals surface area contributed by atoms with Gasteiger partial charge in [-0.3, -0.25) is 4.79 Å². The van der Waals surface area contributed by atoms with Crippen molar-refractivity contribution in [2.75, 3.05) is 32.2 Å². The molecule has 1 heterocycles. The van der Waals surface area contributed by atoms with Crippen LogP contribution in [-0.4, -0.2) is 48.6 Å². The Labute approximate surface area is 109 Å². The molecule has 0 bridgehead atoms. The number of hydrogen-bond donors (Lipinski definition) is 0. The summed E-state index contributed by atoms with van der Waals surface area (Å²) >= 11 is 1.95. The molecule has 17 heavy (non-hydrogen) atoms. The van der Waals surface area contributed by atoms with E-state index in [1.54, 1.807) is 0 Å². The van der Waals surface area contributed by atoms with E-state index in [4.69, 9.17) is 4.74 Å². The van der Waals surface area contributed by atoms with Crippen molar-refractivity contribution in [2.24, 2.45) is 5.41 Å². The van der Waals surface area contributed by atoms with E-state index in [1.165, 1.54) is 5.75 Å². The van der Waals surface area contributed by atoms with Crippen molar-refractivity contribution in [3.63, 3.8) is 0 Å². The molecular weight excluding hydrogens is 234 g/mol. The van der Waals surface area contributed by atoms with Crippen molar-refractivity contribution < 1.29 is 9.53 Å². The van der Waals surface area contributed by atoms with E-state index in [0.29, 0.717) is 18.4 Å². The molecule has 0 N–H and O–H groups in total. The van der Waals surface area contributed by atoms with Crippen LogP contribution < -0.4 is 0 Å². The maximum Gasteiger partial charge on any atom is 0.307 e. The van der Waals surface area contributed by atoms with Crippen molar-refractivity contribution in [1.29, 1.82) is 0 Å². The Balaban J connectivity index is 2.79. The summed E-state index contributed by atoms with van der Waals surface area (Å²) < 4.78 is 5.11. The molecule has 1 saturated heterocycles. The first-order chi connectivity index (χ1) is 7.81. The van der Waals surface area contributed by atoms with Crippen molar-refractivity contribution in [2.45, 2.75) is 39.2 Å². The summed E-state index contributed by atoms with van der Waals surface area (Å²) in [5.74, 6) is 2.12. The minimum Gasteiger partial charge on any atom is -0.466 e. The number of hydrogen-bond acceptors (Lipinski definition) is 4. The average molecular weight is 259 g/mol. The van der Waals surface area contributed by atoms with Gasteiger partial charge in [0.2, 0.25) is 0 Å². The summed E-state index contributed by atoms with van der Waals surface area (Å²) in [6.07, 6.45) is 1.56. The second-order valence-electron chi connectivity index (χ2n) is 5.93. The van der Waals surface area contributed by atoms with Crippen LogP contribution in [0.3, 0.4) is 0 Å². The highest BCUT2D eigenvalue weighted by molar-refractivity contribution is 7.99. The highest BCUT2D eigenvalue weighted by atomic mass is 32.2. The van der Waals surface area contributed by atoms with Crippen LogP contribution in [0.15, 0.2) is 0 Å². The Morgan fingerprint density at radius 2 is 2.00 bits per heavy atom. The van der Waals surface area contributed by atoms with Gasteiger partial charge in [0.25, 0.3) is 0 Å². The normalized spacial score (nSPS) is 28.1. The third kappa shape index (κ3) is 3.88. The van der Waals surface area contributed by atoms with Gasteiger partial charge in [-0.15, -0.1) is 0 Å². The largest absolute Gasteiger partial charge is 0.466 e. The Morgan fingerprint density at radius 1 is 1.35 bits per heavy atom. The van der Waals surface area contributed by atoms with Crippen molar-refractivity contribution in [3.05, 3.63) is 0 Å². The lowest BCUT2D eigenvalue weighted by Gasteiger charge is -2.48. The fraction of sp³-hybridized carbons (Fsp3) is 0.923. The van der Waals surface area contributed by atoms with E-state index < -0.39 is 0 Å². The lowest BCUT2D eigenvalue weighted by atomic mass is 9.77. The molecule has 0 aromatic heterocycles. The molecule has 0 aliphatic carbocycles. The van der Waals surface area contributed by atoms with Crippen molar-refractivity contribution >= 4 is 17.7 Å². The summed E-state index contributed by atoms with van der Waals surface area (Å²) in [5, 5.41) is 0. The number of nitrogens with zero attached hydrogens (tertiary/aromatic N) is 1. The molecule has 0 saturated carbocycles. The molecule has 1 fully saturated rings. The van der Waals surface area contributed by atoms with Crippen LogP contribution in [0, 0.1) is 5.41 Å². The van der Waals surface area contributed by atoms with E-state index in [2.05, 4.69) is 32.8 Å². The maximum absolute atomic E-state index is 11.8. The first-order valence-electron chi connectivity index (χ1n) is 6.22. The summed E-state index contributed by atoms with van der Waals surface area (Å²) in [7, 11) is 4.14. The van der Waals surface area contributed by atoms with Gasteiger partial charge in [0.15, 0.2) is 0 Å². The molecule has 1 atom stereocenters. The number of thioether (sulfide) groups is 1. The Morgan fingerprint density at radius 3 is 2.47 bits per heavy atom. The Hall–Kier alpha value is -0.220. The van der Waals surface area contributed by atoms with Crippen LogP contribution in [0.5, 0.6) is 0 Å². The number of carbonyl (C=O) groups is 1. The Bertz CT molecular complexity index is 279. The van der Waals surface area contributed by atoms with E-state index >= 15 is 0 Å². The van der Waals surface area contributed by atoms with Gasteiger partial charge in [-0.05, 0) is 38.6 Å². The predicted octanol–water partition coefficient (Wildman–Crippen LogP) is 2.40. The van der Waals surface area contributed by atoms with Crippen LogP contribution in [0.2, 0.25) is 0 Å². The molecule has 0 spiro atoms. The average Bonchev–Trinajstić information content (AvgIpc) is 2.15. The number of carbonyl (C=O) groups excluding carboxylic acids is 1. The fourth-order valence-electron chi connectivity index (χ4n) is 2.55. The third-order valence-electron chi connectivity index (χ3n) is 3.40. The molecular formula is C13H25NO2S. The molecule has 0 radical (unpaired) electrons. The zero-order valence-electron chi connectivity index (χ0n) is 11.7. The topological polar surface area (TPSA) is 29.5 Å². The van der Waals surface area contributed by atoms with Gasteiger partial charge in [-0.1, -0.05) is 13.8 Å². The van der Waals surface area contributed by atoms with Crippen LogP contribution in [0.25, 0.3) is 0 Å². The van der Waals surface area contributed by atoms with Crippen molar-refractivity contribution in [3.8, 4) is 0 Å². The van der Waals surface area contributed by atoms with E-state index in [0.717, 1.165) is 12.2 Å². The van der Waals surface area contributed by atoms with Gasteiger partial charge in [0, 0.05) is 11.3 Å². The minimum atomic E-state index is -0.0699. The van der Waals surface area contributed by atoms with Gasteiger partial charge >= 0.3 is 5.97 Å².